The summed E-state index contributed by atoms with van der Waals surface area (Å²) >= 11 is 0. The first-order valence-corrected chi connectivity index (χ1v) is 10.4. The zero-order valence-electron chi connectivity index (χ0n) is 18.2. The summed E-state index contributed by atoms with van der Waals surface area (Å²) in [7, 11) is 7.69. The number of Topliss-reactive ketones (excluding diaryl/α,β-unsaturated/α-hetero) is 1. The molecule has 30 heavy (non-hydrogen) atoms. The normalized spacial score (nSPS) is 18.6. The number of fused-ring (bicyclic) bond motifs is 2. The van der Waals surface area contributed by atoms with Crippen molar-refractivity contribution >= 4 is 5.78 Å². The third-order valence-electron chi connectivity index (χ3n) is 6.35. The van der Waals surface area contributed by atoms with E-state index >= 15 is 0 Å². The molecule has 0 amide bonds. The van der Waals surface area contributed by atoms with Crippen molar-refractivity contribution in [1.29, 1.82) is 0 Å². The number of hydrogen-bond acceptors (Lipinski definition) is 5. The Morgan fingerprint density at radius 3 is 2.60 bits per heavy atom. The molecule has 0 fully saturated rings. The fourth-order valence-electron chi connectivity index (χ4n) is 4.51. The highest BCUT2D eigenvalue weighted by Gasteiger charge is 2.42. The van der Waals surface area contributed by atoms with Crippen LogP contribution in [-0.4, -0.2) is 51.9 Å². The Hall–Kier alpha value is -2.73. The van der Waals surface area contributed by atoms with E-state index in [1.807, 2.05) is 24.3 Å². The molecule has 6 heteroatoms. The Morgan fingerprint density at radius 1 is 1.13 bits per heavy atom. The summed E-state index contributed by atoms with van der Waals surface area (Å²) in [6, 6.07) is 10.0. The van der Waals surface area contributed by atoms with Gasteiger partial charge in [-0.25, -0.2) is 0 Å². The van der Waals surface area contributed by atoms with Gasteiger partial charge in [-0.2, -0.15) is 0 Å². The SMILES string of the molecule is COc1ccc(CCC(=O)CC2c3c(cc4c(c3OC)OCO4)CC[N+]2(C)C)cc1. The summed E-state index contributed by atoms with van der Waals surface area (Å²) in [6.45, 7) is 1.17. The monoisotopic (exact) mass is 412 g/mol. The Labute approximate surface area is 177 Å². The Balaban J connectivity index is 1.55. The number of benzene rings is 2. The molecule has 0 aromatic heterocycles. The lowest BCUT2D eigenvalue weighted by Crippen LogP contribution is -2.48. The van der Waals surface area contributed by atoms with Crippen LogP contribution in [0, 0.1) is 0 Å². The van der Waals surface area contributed by atoms with Crippen molar-refractivity contribution < 1.29 is 28.2 Å². The molecule has 0 bridgehead atoms. The molecule has 2 aromatic rings. The molecule has 2 heterocycles. The largest absolute Gasteiger partial charge is 0.497 e. The van der Waals surface area contributed by atoms with Gasteiger partial charge in [-0.05, 0) is 35.7 Å². The Bertz CT molecular complexity index is 936. The lowest BCUT2D eigenvalue weighted by molar-refractivity contribution is -0.922. The lowest BCUT2D eigenvalue weighted by Gasteiger charge is -2.43. The van der Waals surface area contributed by atoms with Crippen molar-refractivity contribution in [3.63, 3.8) is 0 Å². The third kappa shape index (κ3) is 3.84. The van der Waals surface area contributed by atoms with Crippen molar-refractivity contribution in [2.45, 2.75) is 31.7 Å². The van der Waals surface area contributed by atoms with E-state index < -0.39 is 0 Å². The van der Waals surface area contributed by atoms with Crippen molar-refractivity contribution in [2.24, 2.45) is 0 Å². The molecule has 0 saturated carbocycles. The fraction of sp³-hybridized carbons (Fsp3) is 0.458. The van der Waals surface area contributed by atoms with Crippen LogP contribution in [0.15, 0.2) is 30.3 Å². The second kappa shape index (κ2) is 8.19. The molecule has 160 valence electrons. The van der Waals surface area contributed by atoms with Gasteiger partial charge in [0.2, 0.25) is 12.5 Å². The maximum absolute atomic E-state index is 13.0. The van der Waals surface area contributed by atoms with E-state index in [0.29, 0.717) is 18.6 Å². The quantitative estimate of drug-likeness (QED) is 0.649. The number of hydrogen-bond donors (Lipinski definition) is 0. The van der Waals surface area contributed by atoms with Gasteiger partial charge in [0, 0.05) is 12.8 Å². The standard InChI is InChI=1S/C24H30NO5/c1-25(2)12-11-17-13-21-23(30-15-29-21)24(28-4)22(17)20(25)14-18(26)8-5-16-6-9-19(27-3)10-7-16/h6-7,9-10,13,20H,5,8,11-12,14-15H2,1-4H3/q+1. The molecule has 2 aliphatic heterocycles. The topological polar surface area (TPSA) is 54.0 Å². The summed E-state index contributed by atoms with van der Waals surface area (Å²) in [6.07, 6.45) is 2.65. The predicted molar refractivity (Wildman–Crippen MR) is 113 cm³/mol. The van der Waals surface area contributed by atoms with Crippen LogP contribution in [-0.2, 0) is 17.6 Å². The van der Waals surface area contributed by atoms with Crippen LogP contribution in [0.2, 0.25) is 0 Å². The van der Waals surface area contributed by atoms with Crippen molar-refractivity contribution in [2.75, 3.05) is 41.7 Å². The van der Waals surface area contributed by atoms with Crippen LogP contribution in [0.4, 0.5) is 0 Å². The number of quaternary nitrogens is 1. The van der Waals surface area contributed by atoms with E-state index in [0.717, 1.165) is 52.2 Å². The number of methoxy groups -OCH3 is 2. The minimum Gasteiger partial charge on any atom is -0.497 e. The number of nitrogens with zero attached hydrogens (tertiary/aromatic N) is 1. The molecule has 6 nitrogen and oxygen atoms in total. The van der Waals surface area contributed by atoms with Gasteiger partial charge in [0.25, 0.3) is 0 Å². The number of ether oxygens (including phenoxy) is 4. The van der Waals surface area contributed by atoms with E-state index in [1.165, 1.54) is 5.56 Å². The molecule has 0 N–H and O–H groups in total. The average molecular weight is 413 g/mol. The minimum atomic E-state index is 0.0292. The molecule has 4 rings (SSSR count). The van der Waals surface area contributed by atoms with Crippen LogP contribution in [0.25, 0.3) is 0 Å². The molecular formula is C24H30NO5+. The maximum Gasteiger partial charge on any atom is 0.231 e. The zero-order chi connectivity index (χ0) is 21.3. The summed E-state index contributed by atoms with van der Waals surface area (Å²) in [5.41, 5.74) is 3.43. The number of carbonyl (C=O) groups is 1. The molecule has 1 unspecified atom stereocenters. The predicted octanol–water partition coefficient (Wildman–Crippen LogP) is 3.70. The van der Waals surface area contributed by atoms with Gasteiger partial charge < -0.3 is 23.4 Å². The highest BCUT2D eigenvalue weighted by atomic mass is 16.7. The average Bonchev–Trinajstić information content (AvgIpc) is 3.21. The zero-order valence-corrected chi connectivity index (χ0v) is 18.2. The van der Waals surface area contributed by atoms with Crippen molar-refractivity contribution in [1.82, 2.24) is 0 Å². The van der Waals surface area contributed by atoms with Crippen LogP contribution in [0.1, 0.15) is 35.6 Å². The van der Waals surface area contributed by atoms with Gasteiger partial charge in [0.15, 0.2) is 11.5 Å². The number of carbonyl (C=O) groups excluding carboxylic acids is 1. The first-order valence-electron chi connectivity index (χ1n) is 10.4. The van der Waals surface area contributed by atoms with Crippen LogP contribution >= 0.6 is 0 Å². The Kier molecular flexibility index (Phi) is 5.60. The van der Waals surface area contributed by atoms with Gasteiger partial charge >= 0.3 is 0 Å². The molecule has 0 spiro atoms. The molecular weight excluding hydrogens is 382 g/mol. The fourth-order valence-corrected chi connectivity index (χ4v) is 4.51. The summed E-state index contributed by atoms with van der Waals surface area (Å²) in [4.78, 5) is 13.0. The third-order valence-corrected chi connectivity index (χ3v) is 6.35. The van der Waals surface area contributed by atoms with E-state index in [2.05, 4.69) is 20.2 Å². The van der Waals surface area contributed by atoms with Gasteiger partial charge in [0.1, 0.15) is 17.6 Å². The second-order valence-electron chi connectivity index (χ2n) is 8.58. The van der Waals surface area contributed by atoms with Gasteiger partial charge in [-0.1, -0.05) is 12.1 Å². The Morgan fingerprint density at radius 2 is 1.90 bits per heavy atom. The molecule has 0 aliphatic carbocycles. The summed E-state index contributed by atoms with van der Waals surface area (Å²) < 4.78 is 23.0. The van der Waals surface area contributed by atoms with Gasteiger partial charge in [0.05, 0.1) is 46.8 Å². The van der Waals surface area contributed by atoms with Crippen molar-refractivity contribution in [3.05, 3.63) is 47.0 Å². The molecule has 1 atom stereocenters. The first-order chi connectivity index (χ1) is 14.4. The highest BCUT2D eigenvalue weighted by Crippen LogP contribution is 2.51. The first kappa shape index (κ1) is 20.5. The molecule has 2 aromatic carbocycles. The minimum absolute atomic E-state index is 0.0292. The maximum atomic E-state index is 13.0. The van der Waals surface area contributed by atoms with Gasteiger partial charge in [-0.3, -0.25) is 4.79 Å². The van der Waals surface area contributed by atoms with Crippen LogP contribution in [0.5, 0.6) is 23.0 Å². The molecule has 0 radical (unpaired) electrons. The van der Waals surface area contributed by atoms with E-state index in [4.69, 9.17) is 18.9 Å². The molecule has 0 saturated heterocycles. The van der Waals surface area contributed by atoms with Crippen LogP contribution in [0.3, 0.4) is 0 Å². The molecule has 2 aliphatic rings. The number of ketones is 1. The van der Waals surface area contributed by atoms with E-state index in [-0.39, 0.29) is 18.6 Å². The number of likely N-dealkylation sites (N-methyl/N-ethyl adjacent to an activating group) is 1. The number of rotatable bonds is 7. The highest BCUT2D eigenvalue weighted by molar-refractivity contribution is 5.80. The lowest BCUT2D eigenvalue weighted by atomic mass is 9.86. The summed E-state index contributed by atoms with van der Waals surface area (Å²) in [5, 5.41) is 0. The van der Waals surface area contributed by atoms with Crippen molar-refractivity contribution in [3.8, 4) is 23.0 Å². The van der Waals surface area contributed by atoms with E-state index in [9.17, 15) is 4.79 Å². The second-order valence-corrected chi connectivity index (χ2v) is 8.58. The number of aryl methyl sites for hydroxylation is 1. The smallest absolute Gasteiger partial charge is 0.231 e. The van der Waals surface area contributed by atoms with Crippen LogP contribution < -0.4 is 18.9 Å². The summed E-state index contributed by atoms with van der Waals surface area (Å²) in [5.74, 6) is 3.21. The van der Waals surface area contributed by atoms with Gasteiger partial charge in [-0.15, -0.1) is 0 Å². The van der Waals surface area contributed by atoms with E-state index in [1.54, 1.807) is 14.2 Å².